The van der Waals surface area contributed by atoms with Crippen molar-refractivity contribution < 1.29 is 14.7 Å². The molecule has 1 aliphatic rings. The first-order valence-electron chi connectivity index (χ1n) is 8.19. The van der Waals surface area contributed by atoms with E-state index in [2.05, 4.69) is 12.1 Å². The average molecular weight is 326 g/mol. The molecule has 0 saturated carbocycles. The van der Waals surface area contributed by atoms with E-state index in [9.17, 15) is 14.7 Å². The number of hydrogen-bond donors (Lipinski definition) is 1. The van der Waals surface area contributed by atoms with Crippen molar-refractivity contribution in [3.63, 3.8) is 0 Å². The van der Waals surface area contributed by atoms with Gasteiger partial charge in [0.2, 0.25) is 0 Å². The number of likely N-dealkylation sites (tertiary alicyclic amines) is 1. The SMILES string of the molecule is CN(C)C(=O)c1ccc2cc(C3CCCN(C(=O)O)C3)ccc2c1. The molecule has 1 saturated heterocycles. The molecule has 1 N–H and O–H groups in total. The molecule has 1 aliphatic heterocycles. The van der Waals surface area contributed by atoms with E-state index >= 15 is 0 Å². The van der Waals surface area contributed by atoms with Crippen LogP contribution >= 0.6 is 0 Å². The summed E-state index contributed by atoms with van der Waals surface area (Å²) in [5, 5.41) is 11.3. The number of hydrogen-bond acceptors (Lipinski definition) is 2. The lowest BCUT2D eigenvalue weighted by atomic mass is 9.89. The summed E-state index contributed by atoms with van der Waals surface area (Å²) in [6, 6.07) is 11.9. The molecule has 1 fully saturated rings. The van der Waals surface area contributed by atoms with Gasteiger partial charge in [-0.25, -0.2) is 4.79 Å². The summed E-state index contributed by atoms with van der Waals surface area (Å²) < 4.78 is 0. The van der Waals surface area contributed by atoms with Crippen LogP contribution in [0.4, 0.5) is 4.79 Å². The number of benzene rings is 2. The Bertz CT molecular complexity index is 785. The number of amides is 2. The molecule has 0 spiro atoms. The second kappa shape index (κ2) is 6.51. The summed E-state index contributed by atoms with van der Waals surface area (Å²) in [5.74, 6) is 0.229. The van der Waals surface area contributed by atoms with Gasteiger partial charge in [0.1, 0.15) is 0 Å². The zero-order valence-electron chi connectivity index (χ0n) is 14.0. The molecule has 126 valence electrons. The topological polar surface area (TPSA) is 60.9 Å². The molecule has 3 rings (SSSR count). The van der Waals surface area contributed by atoms with Crippen LogP contribution in [0, 0.1) is 0 Å². The maximum absolute atomic E-state index is 12.1. The summed E-state index contributed by atoms with van der Waals surface area (Å²) in [5.41, 5.74) is 1.84. The van der Waals surface area contributed by atoms with Crippen LogP contribution in [-0.2, 0) is 0 Å². The first-order valence-corrected chi connectivity index (χ1v) is 8.19. The van der Waals surface area contributed by atoms with Crippen LogP contribution < -0.4 is 0 Å². The Kier molecular flexibility index (Phi) is 4.42. The fourth-order valence-electron chi connectivity index (χ4n) is 3.33. The molecule has 5 nitrogen and oxygen atoms in total. The van der Waals surface area contributed by atoms with Crippen molar-refractivity contribution in [3.8, 4) is 0 Å². The van der Waals surface area contributed by atoms with Crippen molar-refractivity contribution >= 4 is 22.8 Å². The first-order chi connectivity index (χ1) is 11.5. The molecule has 0 aliphatic carbocycles. The fraction of sp³-hybridized carbons (Fsp3) is 0.368. The summed E-state index contributed by atoms with van der Waals surface area (Å²) in [4.78, 5) is 26.3. The summed E-state index contributed by atoms with van der Waals surface area (Å²) in [6.07, 6.45) is 1.06. The van der Waals surface area contributed by atoms with E-state index in [0.29, 0.717) is 18.7 Å². The van der Waals surface area contributed by atoms with Crippen molar-refractivity contribution in [2.75, 3.05) is 27.2 Å². The standard InChI is InChI=1S/C19H22N2O3/c1-20(2)18(22)16-8-7-13-10-15(6-5-14(13)11-16)17-4-3-9-21(12-17)19(23)24/h5-8,10-11,17H,3-4,9,12H2,1-2H3,(H,23,24). The van der Waals surface area contributed by atoms with Crippen molar-refractivity contribution in [2.24, 2.45) is 0 Å². The smallest absolute Gasteiger partial charge is 0.407 e. The molecule has 1 atom stereocenters. The minimum absolute atomic E-state index is 0.00893. The molecule has 2 amide bonds. The third-order valence-electron chi connectivity index (χ3n) is 4.68. The Morgan fingerprint density at radius 3 is 2.54 bits per heavy atom. The second-order valence-corrected chi connectivity index (χ2v) is 6.59. The van der Waals surface area contributed by atoms with Crippen LogP contribution in [0.3, 0.4) is 0 Å². The Labute approximate surface area is 141 Å². The van der Waals surface area contributed by atoms with E-state index in [0.717, 1.165) is 23.6 Å². The van der Waals surface area contributed by atoms with Gasteiger partial charge in [-0.2, -0.15) is 0 Å². The molecule has 5 heteroatoms. The van der Waals surface area contributed by atoms with Crippen LogP contribution in [0.2, 0.25) is 0 Å². The van der Waals surface area contributed by atoms with Crippen molar-refractivity contribution in [2.45, 2.75) is 18.8 Å². The Morgan fingerprint density at radius 1 is 1.12 bits per heavy atom. The highest BCUT2D eigenvalue weighted by atomic mass is 16.4. The molecule has 2 aromatic carbocycles. The highest BCUT2D eigenvalue weighted by molar-refractivity contribution is 5.98. The fourth-order valence-corrected chi connectivity index (χ4v) is 3.33. The van der Waals surface area contributed by atoms with Crippen molar-refractivity contribution in [1.29, 1.82) is 0 Å². The largest absolute Gasteiger partial charge is 0.465 e. The predicted molar refractivity (Wildman–Crippen MR) is 93.5 cm³/mol. The predicted octanol–water partition coefficient (Wildman–Crippen LogP) is 3.40. The Morgan fingerprint density at radius 2 is 1.83 bits per heavy atom. The van der Waals surface area contributed by atoms with Gasteiger partial charge in [0.05, 0.1) is 0 Å². The number of carbonyl (C=O) groups excluding carboxylic acids is 1. The number of fused-ring (bicyclic) bond motifs is 1. The Hall–Kier alpha value is -2.56. The Balaban J connectivity index is 1.88. The van der Waals surface area contributed by atoms with Gasteiger partial charge >= 0.3 is 6.09 Å². The van der Waals surface area contributed by atoms with Crippen molar-refractivity contribution in [3.05, 3.63) is 47.5 Å². The first kappa shape index (κ1) is 16.3. The van der Waals surface area contributed by atoms with Crippen LogP contribution in [0.5, 0.6) is 0 Å². The van der Waals surface area contributed by atoms with Crippen LogP contribution in [0.15, 0.2) is 36.4 Å². The van der Waals surface area contributed by atoms with E-state index in [4.69, 9.17) is 0 Å². The second-order valence-electron chi connectivity index (χ2n) is 6.59. The molecule has 2 aromatic rings. The van der Waals surface area contributed by atoms with Gasteiger partial charge in [0, 0.05) is 38.7 Å². The normalized spacial score (nSPS) is 17.8. The van der Waals surface area contributed by atoms with Gasteiger partial charge in [-0.15, -0.1) is 0 Å². The molecular formula is C19H22N2O3. The van der Waals surface area contributed by atoms with Gasteiger partial charge in [-0.3, -0.25) is 4.79 Å². The molecule has 1 unspecified atom stereocenters. The lowest BCUT2D eigenvalue weighted by Crippen LogP contribution is -2.38. The van der Waals surface area contributed by atoms with Gasteiger partial charge in [0.15, 0.2) is 0 Å². The quantitative estimate of drug-likeness (QED) is 0.920. The maximum atomic E-state index is 12.1. The van der Waals surface area contributed by atoms with E-state index in [1.807, 2.05) is 24.3 Å². The van der Waals surface area contributed by atoms with E-state index in [1.54, 1.807) is 19.0 Å². The van der Waals surface area contributed by atoms with Crippen molar-refractivity contribution in [1.82, 2.24) is 9.80 Å². The lowest BCUT2D eigenvalue weighted by Gasteiger charge is -2.31. The third-order valence-corrected chi connectivity index (χ3v) is 4.68. The molecule has 0 bridgehead atoms. The monoisotopic (exact) mass is 326 g/mol. The summed E-state index contributed by atoms with van der Waals surface area (Å²) >= 11 is 0. The molecular weight excluding hydrogens is 304 g/mol. The zero-order valence-corrected chi connectivity index (χ0v) is 14.0. The maximum Gasteiger partial charge on any atom is 0.407 e. The minimum atomic E-state index is -0.840. The molecule has 0 aromatic heterocycles. The van der Waals surface area contributed by atoms with Gasteiger partial charge in [-0.05, 0) is 41.3 Å². The van der Waals surface area contributed by atoms with Gasteiger partial charge in [0.25, 0.3) is 5.91 Å². The number of carboxylic acid groups (broad SMARTS) is 1. The lowest BCUT2D eigenvalue weighted by molar-refractivity contribution is 0.0827. The molecule has 0 radical (unpaired) electrons. The van der Waals surface area contributed by atoms with E-state index < -0.39 is 6.09 Å². The summed E-state index contributed by atoms with van der Waals surface area (Å²) in [7, 11) is 3.49. The molecule has 1 heterocycles. The number of rotatable bonds is 2. The number of carbonyl (C=O) groups is 2. The highest BCUT2D eigenvalue weighted by Crippen LogP contribution is 2.29. The number of piperidine rings is 1. The molecule has 24 heavy (non-hydrogen) atoms. The van der Waals surface area contributed by atoms with E-state index in [-0.39, 0.29) is 11.8 Å². The average Bonchev–Trinajstić information content (AvgIpc) is 2.60. The zero-order chi connectivity index (χ0) is 17.3. The number of nitrogens with zero attached hydrogens (tertiary/aromatic N) is 2. The van der Waals surface area contributed by atoms with Gasteiger partial charge < -0.3 is 14.9 Å². The van der Waals surface area contributed by atoms with Crippen LogP contribution in [0.25, 0.3) is 10.8 Å². The minimum Gasteiger partial charge on any atom is -0.465 e. The third kappa shape index (κ3) is 3.20. The highest BCUT2D eigenvalue weighted by Gasteiger charge is 2.24. The van der Waals surface area contributed by atoms with E-state index in [1.165, 1.54) is 10.5 Å². The van der Waals surface area contributed by atoms with Crippen LogP contribution in [-0.4, -0.2) is 54.1 Å². The summed E-state index contributed by atoms with van der Waals surface area (Å²) in [6.45, 7) is 1.17. The van der Waals surface area contributed by atoms with Crippen LogP contribution in [0.1, 0.15) is 34.7 Å². The van der Waals surface area contributed by atoms with Gasteiger partial charge in [-0.1, -0.05) is 24.3 Å².